The molecule has 1 saturated heterocycles. The van der Waals surface area contributed by atoms with E-state index in [1.807, 2.05) is 0 Å². The third kappa shape index (κ3) is 2.32. The Morgan fingerprint density at radius 3 is 3.00 bits per heavy atom. The zero-order valence-corrected chi connectivity index (χ0v) is 10.1. The first-order chi connectivity index (χ1) is 7.70. The Morgan fingerprint density at radius 1 is 1.56 bits per heavy atom. The largest absolute Gasteiger partial charge is 0.355 e. The lowest BCUT2D eigenvalue weighted by atomic mass is 10.1. The summed E-state index contributed by atoms with van der Waals surface area (Å²) in [5.74, 6) is 1.52. The summed E-state index contributed by atoms with van der Waals surface area (Å²) in [4.78, 5) is 10.9. The van der Waals surface area contributed by atoms with E-state index in [4.69, 9.17) is 5.73 Å². The van der Waals surface area contributed by atoms with Gasteiger partial charge in [0.15, 0.2) is 0 Å². The van der Waals surface area contributed by atoms with E-state index in [9.17, 15) is 0 Å². The molecule has 16 heavy (non-hydrogen) atoms. The van der Waals surface area contributed by atoms with Crippen molar-refractivity contribution < 1.29 is 0 Å². The molecule has 2 atom stereocenters. The Hall–Kier alpha value is -1.16. The van der Waals surface area contributed by atoms with Crippen LogP contribution in [0.5, 0.6) is 0 Å². The van der Waals surface area contributed by atoms with E-state index in [0.29, 0.717) is 12.0 Å². The van der Waals surface area contributed by atoms with Crippen molar-refractivity contribution in [3.05, 3.63) is 18.1 Å². The first kappa shape index (κ1) is 11.3. The lowest BCUT2D eigenvalue weighted by Crippen LogP contribution is -2.27. The standard InChI is InChI=1S/C12H20N4/c1-3-9(2)11-6-12(15-8-14-11)16-5-4-10(13)7-16/h6,8-10H,3-5,7,13H2,1-2H3. The van der Waals surface area contributed by atoms with Gasteiger partial charge in [0.25, 0.3) is 0 Å². The number of aromatic nitrogens is 2. The van der Waals surface area contributed by atoms with Gasteiger partial charge in [-0.05, 0) is 18.8 Å². The summed E-state index contributed by atoms with van der Waals surface area (Å²) in [6, 6.07) is 2.40. The van der Waals surface area contributed by atoms with Crippen molar-refractivity contribution in [2.45, 2.75) is 38.6 Å². The van der Waals surface area contributed by atoms with Gasteiger partial charge in [-0.3, -0.25) is 0 Å². The van der Waals surface area contributed by atoms with Crippen LogP contribution in [0.4, 0.5) is 5.82 Å². The Labute approximate surface area is 96.9 Å². The molecule has 1 aliphatic rings. The molecule has 0 saturated carbocycles. The minimum Gasteiger partial charge on any atom is -0.355 e. The molecular formula is C12H20N4. The lowest BCUT2D eigenvalue weighted by molar-refractivity contribution is 0.702. The van der Waals surface area contributed by atoms with Crippen LogP contribution in [0, 0.1) is 0 Å². The molecule has 88 valence electrons. The fourth-order valence-corrected chi connectivity index (χ4v) is 2.01. The molecular weight excluding hydrogens is 200 g/mol. The maximum Gasteiger partial charge on any atom is 0.132 e. The van der Waals surface area contributed by atoms with Gasteiger partial charge in [-0.1, -0.05) is 13.8 Å². The molecule has 2 unspecified atom stereocenters. The number of hydrogen-bond acceptors (Lipinski definition) is 4. The normalized spacial score (nSPS) is 22.4. The predicted octanol–water partition coefficient (Wildman–Crippen LogP) is 1.53. The molecule has 4 nitrogen and oxygen atoms in total. The number of rotatable bonds is 3. The summed E-state index contributed by atoms with van der Waals surface area (Å²) < 4.78 is 0. The van der Waals surface area contributed by atoms with Gasteiger partial charge in [0.2, 0.25) is 0 Å². The fourth-order valence-electron chi connectivity index (χ4n) is 2.01. The highest BCUT2D eigenvalue weighted by molar-refractivity contribution is 5.41. The Bertz CT molecular complexity index is 353. The van der Waals surface area contributed by atoms with Crippen molar-refractivity contribution in [3.8, 4) is 0 Å². The number of anilines is 1. The Kier molecular flexibility index (Phi) is 3.39. The van der Waals surface area contributed by atoms with Crippen molar-refractivity contribution in [1.29, 1.82) is 0 Å². The molecule has 2 rings (SSSR count). The summed E-state index contributed by atoms with van der Waals surface area (Å²) >= 11 is 0. The molecule has 2 N–H and O–H groups in total. The third-order valence-electron chi connectivity index (χ3n) is 3.34. The van der Waals surface area contributed by atoms with Crippen LogP contribution in [0.2, 0.25) is 0 Å². The van der Waals surface area contributed by atoms with Crippen LogP contribution in [0.1, 0.15) is 38.3 Å². The van der Waals surface area contributed by atoms with Gasteiger partial charge in [-0.25, -0.2) is 9.97 Å². The van der Waals surface area contributed by atoms with E-state index in [1.54, 1.807) is 6.33 Å². The molecule has 1 fully saturated rings. The maximum atomic E-state index is 5.90. The highest BCUT2D eigenvalue weighted by atomic mass is 15.2. The molecule has 1 aromatic heterocycles. The summed E-state index contributed by atoms with van der Waals surface area (Å²) in [6.07, 6.45) is 3.83. The van der Waals surface area contributed by atoms with Crippen LogP contribution in [0.25, 0.3) is 0 Å². The number of hydrogen-bond donors (Lipinski definition) is 1. The van der Waals surface area contributed by atoms with Gasteiger partial charge in [0.05, 0.1) is 0 Å². The van der Waals surface area contributed by atoms with Gasteiger partial charge in [-0.2, -0.15) is 0 Å². The van der Waals surface area contributed by atoms with Crippen molar-refractivity contribution >= 4 is 5.82 Å². The topological polar surface area (TPSA) is 55.0 Å². The maximum absolute atomic E-state index is 5.90. The van der Waals surface area contributed by atoms with Crippen molar-refractivity contribution in [3.63, 3.8) is 0 Å². The zero-order valence-electron chi connectivity index (χ0n) is 10.1. The molecule has 2 heterocycles. The van der Waals surface area contributed by atoms with Crippen LogP contribution < -0.4 is 10.6 Å². The Balaban J connectivity index is 2.16. The molecule has 0 amide bonds. The molecule has 0 bridgehead atoms. The average molecular weight is 220 g/mol. The molecule has 1 aliphatic heterocycles. The predicted molar refractivity (Wildman–Crippen MR) is 65.5 cm³/mol. The van der Waals surface area contributed by atoms with Crippen LogP contribution in [0.3, 0.4) is 0 Å². The first-order valence-electron chi connectivity index (χ1n) is 6.03. The minimum atomic E-state index is 0.294. The number of nitrogens with two attached hydrogens (primary N) is 1. The van der Waals surface area contributed by atoms with Gasteiger partial charge in [-0.15, -0.1) is 0 Å². The monoisotopic (exact) mass is 220 g/mol. The van der Waals surface area contributed by atoms with Crippen LogP contribution >= 0.6 is 0 Å². The van der Waals surface area contributed by atoms with Crippen LogP contribution in [-0.2, 0) is 0 Å². The van der Waals surface area contributed by atoms with Crippen molar-refractivity contribution in [2.24, 2.45) is 5.73 Å². The summed E-state index contributed by atoms with van der Waals surface area (Å²) in [5, 5.41) is 0. The number of nitrogens with zero attached hydrogens (tertiary/aromatic N) is 3. The smallest absolute Gasteiger partial charge is 0.132 e. The van der Waals surface area contributed by atoms with Crippen molar-refractivity contribution in [1.82, 2.24) is 9.97 Å². The summed E-state index contributed by atoms with van der Waals surface area (Å²) in [5.41, 5.74) is 7.03. The summed E-state index contributed by atoms with van der Waals surface area (Å²) in [6.45, 7) is 6.30. The summed E-state index contributed by atoms with van der Waals surface area (Å²) in [7, 11) is 0. The van der Waals surface area contributed by atoms with Crippen molar-refractivity contribution in [2.75, 3.05) is 18.0 Å². The molecule has 0 aromatic carbocycles. The van der Waals surface area contributed by atoms with E-state index in [0.717, 1.165) is 37.4 Å². The SMILES string of the molecule is CCC(C)c1cc(N2CCC(N)C2)ncn1. The van der Waals surface area contributed by atoms with E-state index >= 15 is 0 Å². The second-order valence-electron chi connectivity index (χ2n) is 4.61. The first-order valence-corrected chi connectivity index (χ1v) is 6.03. The van der Waals surface area contributed by atoms with Gasteiger partial charge < -0.3 is 10.6 Å². The highest BCUT2D eigenvalue weighted by Crippen LogP contribution is 2.22. The molecule has 0 aliphatic carbocycles. The van der Waals surface area contributed by atoms with Gasteiger partial charge in [0.1, 0.15) is 12.1 Å². The average Bonchev–Trinajstić information content (AvgIpc) is 2.75. The lowest BCUT2D eigenvalue weighted by Gasteiger charge is -2.18. The minimum absolute atomic E-state index is 0.294. The molecule has 0 spiro atoms. The van der Waals surface area contributed by atoms with E-state index in [1.165, 1.54) is 0 Å². The zero-order chi connectivity index (χ0) is 11.5. The highest BCUT2D eigenvalue weighted by Gasteiger charge is 2.20. The molecule has 4 heteroatoms. The molecule has 0 radical (unpaired) electrons. The Morgan fingerprint density at radius 2 is 2.38 bits per heavy atom. The second kappa shape index (κ2) is 4.78. The van der Waals surface area contributed by atoms with Crippen LogP contribution in [0.15, 0.2) is 12.4 Å². The van der Waals surface area contributed by atoms with Gasteiger partial charge >= 0.3 is 0 Å². The van der Waals surface area contributed by atoms with E-state index in [2.05, 4.69) is 34.8 Å². The van der Waals surface area contributed by atoms with Crippen LogP contribution in [-0.4, -0.2) is 29.1 Å². The fraction of sp³-hybridized carbons (Fsp3) is 0.667. The molecule has 1 aromatic rings. The second-order valence-corrected chi connectivity index (χ2v) is 4.61. The van der Waals surface area contributed by atoms with E-state index < -0.39 is 0 Å². The quantitative estimate of drug-likeness (QED) is 0.839. The van der Waals surface area contributed by atoms with E-state index in [-0.39, 0.29) is 0 Å². The third-order valence-corrected chi connectivity index (χ3v) is 3.34. The van der Waals surface area contributed by atoms with Gasteiger partial charge in [0, 0.05) is 30.9 Å².